The van der Waals surface area contributed by atoms with Crippen molar-refractivity contribution in [1.29, 1.82) is 0 Å². The largest absolute Gasteiger partial charge is 0.490 e. The molecule has 1 N–H and O–H groups in total. The first-order valence-electron chi connectivity index (χ1n) is 5.80. The molecule has 98 valence electrons. The van der Waals surface area contributed by atoms with Crippen molar-refractivity contribution in [2.75, 3.05) is 0 Å². The summed E-state index contributed by atoms with van der Waals surface area (Å²) in [6.07, 6.45) is 2.08. The number of aromatic nitrogens is 1. The van der Waals surface area contributed by atoms with Crippen LogP contribution < -0.4 is 4.74 Å². The quantitative estimate of drug-likeness (QED) is 0.918. The van der Waals surface area contributed by atoms with Gasteiger partial charge in [-0.3, -0.25) is 0 Å². The lowest BCUT2D eigenvalue weighted by atomic mass is 10.1. The minimum absolute atomic E-state index is 0.145. The standard InChI is InChI=1S/C13H10FNO4/c14-7-1-4-11(18-8-2-3-8)9(5-7)12-6-10(13(16)17)15-19-12/h1,4-6,8H,2-3H2,(H,16,17). The monoisotopic (exact) mass is 263 g/mol. The lowest BCUT2D eigenvalue weighted by Gasteiger charge is -2.08. The second-order valence-corrected chi connectivity index (χ2v) is 4.34. The minimum atomic E-state index is -1.20. The van der Waals surface area contributed by atoms with E-state index in [0.29, 0.717) is 11.3 Å². The number of carboxylic acids is 1. The van der Waals surface area contributed by atoms with Gasteiger partial charge in [0, 0.05) is 6.07 Å². The van der Waals surface area contributed by atoms with E-state index in [1.165, 1.54) is 24.3 Å². The van der Waals surface area contributed by atoms with Gasteiger partial charge < -0.3 is 14.4 Å². The number of hydrogen-bond acceptors (Lipinski definition) is 4. The number of halogens is 1. The number of rotatable bonds is 4. The molecule has 0 radical (unpaired) electrons. The van der Waals surface area contributed by atoms with Gasteiger partial charge in [-0.05, 0) is 31.0 Å². The Morgan fingerprint density at radius 1 is 1.42 bits per heavy atom. The lowest BCUT2D eigenvalue weighted by molar-refractivity contribution is 0.0686. The van der Waals surface area contributed by atoms with Crippen LogP contribution in [0.4, 0.5) is 4.39 Å². The van der Waals surface area contributed by atoms with E-state index in [1.807, 2.05) is 0 Å². The molecule has 1 heterocycles. The Hall–Kier alpha value is -2.37. The van der Waals surface area contributed by atoms with Gasteiger partial charge in [0.15, 0.2) is 11.5 Å². The second kappa shape index (κ2) is 4.38. The number of benzene rings is 1. The predicted molar refractivity (Wildman–Crippen MR) is 62.5 cm³/mol. The Bertz CT molecular complexity index is 633. The minimum Gasteiger partial charge on any atom is -0.490 e. The molecular formula is C13H10FNO4. The fraction of sp³-hybridized carbons (Fsp3) is 0.231. The molecule has 0 atom stereocenters. The molecule has 1 aliphatic carbocycles. The zero-order chi connectivity index (χ0) is 13.4. The maximum atomic E-state index is 13.3. The van der Waals surface area contributed by atoms with Crippen molar-refractivity contribution in [3.63, 3.8) is 0 Å². The fourth-order valence-electron chi connectivity index (χ4n) is 1.67. The normalized spacial score (nSPS) is 14.4. The number of ether oxygens (including phenoxy) is 1. The SMILES string of the molecule is O=C(O)c1cc(-c2cc(F)ccc2OC2CC2)on1. The number of aromatic carboxylic acids is 1. The van der Waals surface area contributed by atoms with Crippen molar-refractivity contribution in [1.82, 2.24) is 5.16 Å². The zero-order valence-corrected chi connectivity index (χ0v) is 9.80. The van der Waals surface area contributed by atoms with Crippen LogP contribution in [0.25, 0.3) is 11.3 Å². The maximum Gasteiger partial charge on any atom is 0.358 e. The topological polar surface area (TPSA) is 72.6 Å². The van der Waals surface area contributed by atoms with Crippen LogP contribution in [0.3, 0.4) is 0 Å². The van der Waals surface area contributed by atoms with Gasteiger partial charge in [-0.15, -0.1) is 0 Å². The molecule has 0 saturated heterocycles. The third kappa shape index (κ3) is 2.42. The van der Waals surface area contributed by atoms with E-state index in [9.17, 15) is 9.18 Å². The molecule has 0 unspecified atom stereocenters. The van der Waals surface area contributed by atoms with Crippen LogP contribution in [-0.4, -0.2) is 22.3 Å². The molecule has 0 spiro atoms. The molecule has 2 aromatic rings. The van der Waals surface area contributed by atoms with Crippen molar-refractivity contribution in [2.24, 2.45) is 0 Å². The van der Waals surface area contributed by atoms with E-state index < -0.39 is 11.8 Å². The lowest BCUT2D eigenvalue weighted by Crippen LogP contribution is -1.98. The Labute approximate surface area is 107 Å². The summed E-state index contributed by atoms with van der Waals surface area (Å²) >= 11 is 0. The molecule has 1 aromatic heterocycles. The fourth-order valence-corrected chi connectivity index (χ4v) is 1.67. The molecule has 6 heteroatoms. The van der Waals surface area contributed by atoms with Crippen molar-refractivity contribution in [3.05, 3.63) is 35.8 Å². The summed E-state index contributed by atoms with van der Waals surface area (Å²) in [5, 5.41) is 12.2. The van der Waals surface area contributed by atoms with Gasteiger partial charge in [-0.2, -0.15) is 0 Å². The summed E-state index contributed by atoms with van der Waals surface area (Å²) in [7, 11) is 0. The van der Waals surface area contributed by atoms with Crippen molar-refractivity contribution >= 4 is 5.97 Å². The van der Waals surface area contributed by atoms with E-state index in [2.05, 4.69) is 5.16 Å². The summed E-state index contributed by atoms with van der Waals surface area (Å²) in [4.78, 5) is 10.8. The molecule has 0 aliphatic heterocycles. The molecule has 19 heavy (non-hydrogen) atoms. The van der Waals surface area contributed by atoms with Gasteiger partial charge >= 0.3 is 5.97 Å². The zero-order valence-electron chi connectivity index (χ0n) is 9.80. The predicted octanol–water partition coefficient (Wildman–Crippen LogP) is 2.72. The van der Waals surface area contributed by atoms with Crippen LogP contribution in [0, 0.1) is 5.82 Å². The molecule has 1 aliphatic rings. The smallest absolute Gasteiger partial charge is 0.358 e. The number of carboxylic acid groups (broad SMARTS) is 1. The Morgan fingerprint density at radius 3 is 2.84 bits per heavy atom. The summed E-state index contributed by atoms with van der Waals surface area (Å²) in [5.41, 5.74) is 0.142. The number of hydrogen-bond donors (Lipinski definition) is 1. The Balaban J connectivity index is 2.00. The van der Waals surface area contributed by atoms with Crippen molar-refractivity contribution in [3.8, 4) is 17.1 Å². The van der Waals surface area contributed by atoms with Gasteiger partial charge in [0.2, 0.25) is 0 Å². The molecular weight excluding hydrogens is 253 g/mol. The van der Waals surface area contributed by atoms with E-state index in [4.69, 9.17) is 14.4 Å². The summed E-state index contributed by atoms with van der Waals surface area (Å²) in [6.45, 7) is 0. The highest BCUT2D eigenvalue weighted by atomic mass is 19.1. The molecule has 5 nitrogen and oxygen atoms in total. The molecule has 3 rings (SSSR count). The highest BCUT2D eigenvalue weighted by Gasteiger charge is 2.26. The summed E-state index contributed by atoms with van der Waals surface area (Å²) < 4.78 is 23.9. The van der Waals surface area contributed by atoms with Gasteiger partial charge in [0.05, 0.1) is 11.7 Å². The van der Waals surface area contributed by atoms with E-state index in [-0.39, 0.29) is 17.6 Å². The Kier molecular flexibility index (Phi) is 2.70. The van der Waals surface area contributed by atoms with Gasteiger partial charge in [-0.1, -0.05) is 5.16 Å². The van der Waals surface area contributed by atoms with Crippen LogP contribution in [0.5, 0.6) is 5.75 Å². The van der Waals surface area contributed by atoms with Crippen LogP contribution in [0.1, 0.15) is 23.3 Å². The van der Waals surface area contributed by atoms with E-state index >= 15 is 0 Å². The third-order valence-corrected chi connectivity index (χ3v) is 2.75. The van der Waals surface area contributed by atoms with Crippen LogP contribution in [0.15, 0.2) is 28.8 Å². The van der Waals surface area contributed by atoms with Crippen molar-refractivity contribution < 1.29 is 23.6 Å². The summed E-state index contributed by atoms with van der Waals surface area (Å²) in [5.74, 6) is -1.01. The molecule has 0 amide bonds. The average molecular weight is 263 g/mol. The van der Waals surface area contributed by atoms with Crippen LogP contribution in [0.2, 0.25) is 0 Å². The van der Waals surface area contributed by atoms with Crippen molar-refractivity contribution in [2.45, 2.75) is 18.9 Å². The molecule has 1 saturated carbocycles. The first-order chi connectivity index (χ1) is 9.13. The second-order valence-electron chi connectivity index (χ2n) is 4.34. The molecule has 1 aromatic carbocycles. The van der Waals surface area contributed by atoms with Gasteiger partial charge in [0.25, 0.3) is 0 Å². The first kappa shape index (κ1) is 11.7. The molecule has 1 fully saturated rings. The van der Waals surface area contributed by atoms with E-state index in [1.54, 1.807) is 0 Å². The van der Waals surface area contributed by atoms with Gasteiger partial charge in [-0.25, -0.2) is 9.18 Å². The Morgan fingerprint density at radius 2 is 2.21 bits per heavy atom. The highest BCUT2D eigenvalue weighted by molar-refractivity contribution is 5.86. The van der Waals surface area contributed by atoms with Gasteiger partial charge in [0.1, 0.15) is 11.6 Å². The van der Waals surface area contributed by atoms with E-state index in [0.717, 1.165) is 12.8 Å². The summed E-state index contributed by atoms with van der Waals surface area (Å²) in [6, 6.07) is 5.28. The number of nitrogens with zero attached hydrogens (tertiary/aromatic N) is 1. The third-order valence-electron chi connectivity index (χ3n) is 2.75. The molecule has 0 bridgehead atoms. The van der Waals surface area contributed by atoms with Crippen LogP contribution in [-0.2, 0) is 0 Å². The highest BCUT2D eigenvalue weighted by Crippen LogP contribution is 2.35. The average Bonchev–Trinajstić information content (AvgIpc) is 3.05. The number of carbonyl (C=O) groups is 1. The van der Waals surface area contributed by atoms with Crippen LogP contribution >= 0.6 is 0 Å². The first-order valence-corrected chi connectivity index (χ1v) is 5.80. The maximum absolute atomic E-state index is 13.3.